The Kier molecular flexibility index (Phi) is 6.56. The van der Waals surface area contributed by atoms with Crippen LogP contribution in [0.1, 0.15) is 42.4 Å². The van der Waals surface area contributed by atoms with Gasteiger partial charge in [0.15, 0.2) is 0 Å². The number of rotatable bonds is 7. The van der Waals surface area contributed by atoms with Crippen molar-refractivity contribution in [2.75, 3.05) is 6.54 Å². The van der Waals surface area contributed by atoms with E-state index in [2.05, 4.69) is 15.4 Å². The number of pyridine rings is 1. The summed E-state index contributed by atoms with van der Waals surface area (Å²) in [5, 5.41) is 19.3. The molecule has 0 atom stereocenters. The van der Waals surface area contributed by atoms with Crippen LogP contribution in [0.2, 0.25) is 0 Å². The first kappa shape index (κ1) is 26.2. The van der Waals surface area contributed by atoms with Crippen LogP contribution in [0, 0.1) is 13.8 Å². The maximum Gasteiger partial charge on any atom is 0.274 e. The van der Waals surface area contributed by atoms with Crippen molar-refractivity contribution in [1.29, 1.82) is 0 Å². The van der Waals surface area contributed by atoms with E-state index < -0.39 is 5.60 Å². The molecule has 0 aliphatic heterocycles. The number of H-pyrrole nitrogens is 1. The maximum atomic E-state index is 13.1. The number of aromatic amines is 1. The number of ether oxygens (including phenoxy) is 1. The molecule has 0 saturated carbocycles. The number of nitrogens with one attached hydrogen (secondary N) is 2. The Morgan fingerprint density at radius 2 is 1.87 bits per heavy atom. The number of fused-ring (bicyclic) bond motifs is 2. The van der Waals surface area contributed by atoms with Crippen molar-refractivity contribution in [2.45, 2.75) is 46.8 Å². The van der Waals surface area contributed by atoms with E-state index in [1.54, 1.807) is 44.0 Å². The molecule has 0 fully saturated rings. The highest BCUT2D eigenvalue weighted by Gasteiger charge is 2.22. The van der Waals surface area contributed by atoms with E-state index in [1.807, 2.05) is 51.1 Å². The fourth-order valence-corrected chi connectivity index (χ4v) is 4.89. The molecule has 0 aliphatic rings. The van der Waals surface area contributed by atoms with Crippen molar-refractivity contribution < 1.29 is 14.6 Å². The predicted molar refractivity (Wildman–Crippen MR) is 153 cm³/mol. The number of hydrogen-bond acceptors (Lipinski definition) is 5. The molecule has 2 aromatic carbocycles. The lowest BCUT2D eigenvalue weighted by Crippen LogP contribution is -2.26. The van der Waals surface area contributed by atoms with Gasteiger partial charge in [0, 0.05) is 41.7 Å². The summed E-state index contributed by atoms with van der Waals surface area (Å²) in [7, 11) is 1.68. The van der Waals surface area contributed by atoms with E-state index in [1.165, 1.54) is 4.57 Å². The number of carbonyl (C=O) groups excluding carboxylic acids is 1. The van der Waals surface area contributed by atoms with Crippen LogP contribution >= 0.6 is 0 Å². The van der Waals surface area contributed by atoms with Gasteiger partial charge in [0.2, 0.25) is 0 Å². The third-order valence-corrected chi connectivity index (χ3v) is 6.74. The number of nitrogens with zero attached hydrogens (tertiary/aromatic N) is 3. The number of carbonyl (C=O) groups is 1. The Balaban J connectivity index is 1.80. The van der Waals surface area contributed by atoms with Crippen molar-refractivity contribution in [3.8, 4) is 22.6 Å². The zero-order valence-corrected chi connectivity index (χ0v) is 23.0. The van der Waals surface area contributed by atoms with E-state index in [-0.39, 0.29) is 11.5 Å². The minimum atomic E-state index is -0.974. The van der Waals surface area contributed by atoms with Crippen LogP contribution in [-0.2, 0) is 13.6 Å². The van der Waals surface area contributed by atoms with Crippen LogP contribution in [0.25, 0.3) is 32.9 Å². The fourth-order valence-electron chi connectivity index (χ4n) is 4.89. The first-order valence-electron chi connectivity index (χ1n) is 12.9. The molecular formula is C30H33N5O4. The highest BCUT2D eigenvalue weighted by atomic mass is 16.5. The zero-order valence-electron chi connectivity index (χ0n) is 23.0. The lowest BCUT2D eigenvalue weighted by Gasteiger charge is -2.19. The Morgan fingerprint density at radius 1 is 1.15 bits per heavy atom. The summed E-state index contributed by atoms with van der Waals surface area (Å²) in [5.74, 6) is 1.05. The van der Waals surface area contributed by atoms with Crippen LogP contribution in [-0.4, -0.2) is 42.5 Å². The van der Waals surface area contributed by atoms with Gasteiger partial charge in [-0.2, -0.15) is 5.10 Å². The average molecular weight is 528 g/mol. The Bertz CT molecular complexity index is 1770. The summed E-state index contributed by atoms with van der Waals surface area (Å²) >= 11 is 0. The molecule has 0 bridgehead atoms. The molecule has 39 heavy (non-hydrogen) atoms. The van der Waals surface area contributed by atoms with Crippen molar-refractivity contribution in [3.05, 3.63) is 76.0 Å². The Morgan fingerprint density at radius 3 is 2.54 bits per heavy atom. The van der Waals surface area contributed by atoms with Gasteiger partial charge in [-0.05, 0) is 63.9 Å². The fraction of sp³-hybridized carbons (Fsp3) is 0.300. The number of benzene rings is 2. The third kappa shape index (κ3) is 4.93. The molecule has 0 aliphatic carbocycles. The largest absolute Gasteiger partial charge is 0.456 e. The summed E-state index contributed by atoms with van der Waals surface area (Å²) < 4.78 is 9.85. The molecule has 0 radical (unpaired) electrons. The summed E-state index contributed by atoms with van der Waals surface area (Å²) in [6, 6.07) is 11.6. The minimum Gasteiger partial charge on any atom is -0.456 e. The second-order valence-corrected chi connectivity index (χ2v) is 10.6. The number of aliphatic hydroxyl groups is 1. The van der Waals surface area contributed by atoms with Crippen LogP contribution in [0.3, 0.4) is 0 Å². The number of para-hydroxylation sites is 1. The monoisotopic (exact) mass is 527 g/mol. The summed E-state index contributed by atoms with van der Waals surface area (Å²) in [4.78, 5) is 28.8. The van der Waals surface area contributed by atoms with Crippen LogP contribution < -0.4 is 15.6 Å². The molecule has 1 amide bonds. The molecule has 3 heterocycles. The van der Waals surface area contributed by atoms with Crippen molar-refractivity contribution >= 4 is 27.7 Å². The Hall–Kier alpha value is -4.37. The molecule has 9 heteroatoms. The summed E-state index contributed by atoms with van der Waals surface area (Å²) in [6.45, 7) is 10.1. The van der Waals surface area contributed by atoms with Crippen LogP contribution in [0.4, 0.5) is 0 Å². The maximum absolute atomic E-state index is 13.1. The molecule has 0 saturated heterocycles. The van der Waals surface area contributed by atoms with Crippen LogP contribution in [0.5, 0.6) is 11.5 Å². The van der Waals surface area contributed by atoms with E-state index >= 15 is 0 Å². The molecule has 3 aromatic heterocycles. The van der Waals surface area contributed by atoms with E-state index in [0.29, 0.717) is 35.4 Å². The normalized spacial score (nSPS) is 11.9. The van der Waals surface area contributed by atoms with Gasteiger partial charge in [-0.15, -0.1) is 0 Å². The zero-order chi connectivity index (χ0) is 28.1. The van der Waals surface area contributed by atoms with Crippen molar-refractivity contribution in [3.63, 3.8) is 0 Å². The number of aromatic nitrogens is 4. The van der Waals surface area contributed by atoms with Gasteiger partial charge in [-0.3, -0.25) is 14.3 Å². The number of aryl methyl sites for hydroxylation is 3. The molecule has 0 unspecified atom stereocenters. The summed E-state index contributed by atoms with van der Waals surface area (Å²) in [6.07, 6.45) is 3.51. The number of amides is 1. The van der Waals surface area contributed by atoms with E-state index in [4.69, 9.17) is 4.74 Å². The van der Waals surface area contributed by atoms with Gasteiger partial charge in [0.25, 0.3) is 11.5 Å². The molecule has 5 aromatic rings. The van der Waals surface area contributed by atoms with Gasteiger partial charge < -0.3 is 24.7 Å². The van der Waals surface area contributed by atoms with Gasteiger partial charge in [0.1, 0.15) is 22.7 Å². The molecule has 3 N–H and O–H groups in total. The average Bonchev–Trinajstić information content (AvgIpc) is 3.47. The SMILES string of the molecule is CCNC(=O)c1cc2c(-c3cc4c(cnn4CC(C)(C)O)cc3Oc3c(C)cccc3C)cn(C)c(=O)c2[nH]1. The van der Waals surface area contributed by atoms with E-state index in [0.717, 1.165) is 38.9 Å². The first-order valence-corrected chi connectivity index (χ1v) is 12.9. The van der Waals surface area contributed by atoms with Crippen molar-refractivity contribution in [1.82, 2.24) is 24.6 Å². The van der Waals surface area contributed by atoms with Gasteiger partial charge in [-0.1, -0.05) is 18.2 Å². The quantitative estimate of drug-likeness (QED) is 0.281. The molecule has 202 valence electrons. The van der Waals surface area contributed by atoms with Gasteiger partial charge in [-0.25, -0.2) is 0 Å². The molecule has 5 rings (SSSR count). The predicted octanol–water partition coefficient (Wildman–Crippen LogP) is 4.81. The lowest BCUT2D eigenvalue weighted by molar-refractivity contribution is 0.0591. The highest BCUT2D eigenvalue weighted by molar-refractivity contribution is 6.04. The lowest BCUT2D eigenvalue weighted by atomic mass is 10.0. The Labute approximate surface area is 226 Å². The van der Waals surface area contributed by atoms with E-state index in [9.17, 15) is 14.7 Å². The molecular weight excluding hydrogens is 494 g/mol. The standard InChI is InChI=1S/C30H33N5O4/c1-7-31-28(36)23-12-21-22(15-34(6)29(37)26(21)33-23)20-13-24-19(14-32-35(24)16-30(4,5)38)11-25(20)39-27-17(2)9-8-10-18(27)3/h8-15,33,38H,7,16H2,1-6H3,(H,31,36). The number of hydrogen-bond donors (Lipinski definition) is 3. The summed E-state index contributed by atoms with van der Waals surface area (Å²) in [5.41, 5.74) is 3.66. The second-order valence-electron chi connectivity index (χ2n) is 10.6. The molecule has 0 spiro atoms. The highest BCUT2D eigenvalue weighted by Crippen LogP contribution is 2.41. The van der Waals surface area contributed by atoms with Gasteiger partial charge >= 0.3 is 0 Å². The van der Waals surface area contributed by atoms with Crippen LogP contribution in [0.15, 0.2) is 53.6 Å². The third-order valence-electron chi connectivity index (χ3n) is 6.74. The van der Waals surface area contributed by atoms with Gasteiger partial charge in [0.05, 0.1) is 23.9 Å². The first-order chi connectivity index (χ1) is 18.5. The minimum absolute atomic E-state index is 0.241. The molecule has 9 nitrogen and oxygen atoms in total. The smallest absolute Gasteiger partial charge is 0.274 e. The second kappa shape index (κ2) is 9.74. The topological polar surface area (TPSA) is 114 Å². The van der Waals surface area contributed by atoms with Crippen molar-refractivity contribution in [2.24, 2.45) is 7.05 Å².